The molecule has 0 aliphatic heterocycles. The van der Waals surface area contributed by atoms with Crippen molar-refractivity contribution in [3.63, 3.8) is 0 Å². The molecule has 1 aromatic rings. The Balaban J connectivity index is 2.83. The van der Waals surface area contributed by atoms with Crippen LogP contribution in [0, 0.1) is 0 Å². The Morgan fingerprint density at radius 2 is 2.18 bits per heavy atom. The van der Waals surface area contributed by atoms with Gasteiger partial charge in [-0.25, -0.2) is 0 Å². The number of methoxy groups -OCH3 is 1. The summed E-state index contributed by atoms with van der Waals surface area (Å²) in [6, 6.07) is 3.47. The number of hydrogen-bond acceptors (Lipinski definition) is 4. The summed E-state index contributed by atoms with van der Waals surface area (Å²) in [7, 11) is 1.55. The summed E-state index contributed by atoms with van der Waals surface area (Å²) in [5, 5.41) is 7.62. The van der Waals surface area contributed by atoms with Gasteiger partial charge in [0.05, 0.1) is 12.8 Å². The smallest absolute Gasteiger partial charge is 0.233 e. The van der Waals surface area contributed by atoms with Crippen LogP contribution in [0.15, 0.2) is 12.1 Å². The van der Waals surface area contributed by atoms with Gasteiger partial charge in [0.25, 0.3) is 0 Å². The van der Waals surface area contributed by atoms with E-state index in [9.17, 15) is 0 Å². The van der Waals surface area contributed by atoms with Gasteiger partial charge >= 0.3 is 0 Å². The molecular formula is C7H11N3O. The standard InChI is InChI=1S/C7H11N3O/c1-5(8)6-3-4-7(11-2)10-9-6/h3-5H,8H2,1-2H3/t5-/m1/s1. The van der Waals surface area contributed by atoms with Crippen LogP contribution in [0.5, 0.6) is 5.88 Å². The highest BCUT2D eigenvalue weighted by Gasteiger charge is 2.00. The van der Waals surface area contributed by atoms with Gasteiger partial charge in [-0.05, 0) is 13.0 Å². The Kier molecular flexibility index (Phi) is 2.38. The second-order valence-electron chi connectivity index (χ2n) is 2.29. The predicted molar refractivity (Wildman–Crippen MR) is 41.2 cm³/mol. The summed E-state index contributed by atoms with van der Waals surface area (Å²) < 4.78 is 4.83. The maximum Gasteiger partial charge on any atom is 0.233 e. The number of ether oxygens (including phenoxy) is 1. The molecule has 0 amide bonds. The van der Waals surface area contributed by atoms with E-state index in [0.717, 1.165) is 5.69 Å². The Morgan fingerprint density at radius 1 is 1.45 bits per heavy atom. The van der Waals surface area contributed by atoms with Gasteiger partial charge in [-0.1, -0.05) is 0 Å². The molecule has 0 radical (unpaired) electrons. The summed E-state index contributed by atoms with van der Waals surface area (Å²) in [6.45, 7) is 1.86. The number of aromatic nitrogens is 2. The van der Waals surface area contributed by atoms with Crippen LogP contribution in [0.3, 0.4) is 0 Å². The molecule has 11 heavy (non-hydrogen) atoms. The predicted octanol–water partition coefficient (Wildman–Crippen LogP) is 0.505. The van der Waals surface area contributed by atoms with Crippen LogP contribution in [0.1, 0.15) is 18.7 Å². The first-order valence-electron chi connectivity index (χ1n) is 3.37. The molecule has 0 aliphatic carbocycles. The minimum absolute atomic E-state index is 0.0755. The minimum Gasteiger partial charge on any atom is -0.480 e. The maximum atomic E-state index is 5.56. The SMILES string of the molecule is COc1ccc([C@@H](C)N)nn1. The monoisotopic (exact) mass is 153 g/mol. The van der Waals surface area contributed by atoms with E-state index < -0.39 is 0 Å². The van der Waals surface area contributed by atoms with Crippen molar-refractivity contribution < 1.29 is 4.74 Å². The Hall–Kier alpha value is -1.16. The van der Waals surface area contributed by atoms with Crippen LogP contribution in [0.4, 0.5) is 0 Å². The van der Waals surface area contributed by atoms with E-state index >= 15 is 0 Å². The zero-order valence-electron chi connectivity index (χ0n) is 6.61. The fourth-order valence-corrected chi connectivity index (χ4v) is 0.682. The van der Waals surface area contributed by atoms with Crippen LogP contribution in [-0.2, 0) is 0 Å². The van der Waals surface area contributed by atoms with E-state index in [1.165, 1.54) is 0 Å². The van der Waals surface area contributed by atoms with Crippen LogP contribution in [0.25, 0.3) is 0 Å². The first-order valence-corrected chi connectivity index (χ1v) is 3.37. The lowest BCUT2D eigenvalue weighted by molar-refractivity contribution is 0.390. The lowest BCUT2D eigenvalue weighted by Gasteiger charge is -2.02. The van der Waals surface area contributed by atoms with Gasteiger partial charge in [-0.15, -0.1) is 5.10 Å². The maximum absolute atomic E-state index is 5.56. The molecule has 1 aromatic heterocycles. The normalized spacial score (nSPS) is 12.6. The van der Waals surface area contributed by atoms with Crippen molar-refractivity contribution in [1.82, 2.24) is 10.2 Å². The molecule has 4 heteroatoms. The molecule has 0 aliphatic rings. The van der Waals surface area contributed by atoms with Gasteiger partial charge in [0.1, 0.15) is 0 Å². The molecule has 1 heterocycles. The lowest BCUT2D eigenvalue weighted by Crippen LogP contribution is -2.08. The molecule has 2 N–H and O–H groups in total. The van der Waals surface area contributed by atoms with Crippen LogP contribution in [-0.4, -0.2) is 17.3 Å². The van der Waals surface area contributed by atoms with Crippen molar-refractivity contribution >= 4 is 0 Å². The summed E-state index contributed by atoms with van der Waals surface area (Å²) in [6.07, 6.45) is 0. The molecule has 0 saturated carbocycles. The summed E-state index contributed by atoms with van der Waals surface area (Å²) in [5.41, 5.74) is 6.33. The molecule has 0 unspecified atom stereocenters. The molecule has 60 valence electrons. The fraction of sp³-hybridized carbons (Fsp3) is 0.429. The highest BCUT2D eigenvalue weighted by atomic mass is 16.5. The molecule has 0 aromatic carbocycles. The molecule has 0 spiro atoms. The third kappa shape index (κ3) is 1.88. The third-order valence-electron chi connectivity index (χ3n) is 1.34. The first kappa shape index (κ1) is 7.94. The van der Waals surface area contributed by atoms with Crippen LogP contribution in [0.2, 0.25) is 0 Å². The fourth-order valence-electron chi connectivity index (χ4n) is 0.682. The van der Waals surface area contributed by atoms with E-state index in [-0.39, 0.29) is 6.04 Å². The van der Waals surface area contributed by atoms with Gasteiger partial charge in [0.15, 0.2) is 0 Å². The number of nitrogens with two attached hydrogens (primary N) is 1. The van der Waals surface area contributed by atoms with Crippen molar-refractivity contribution in [2.45, 2.75) is 13.0 Å². The Morgan fingerprint density at radius 3 is 2.55 bits per heavy atom. The van der Waals surface area contributed by atoms with Crippen molar-refractivity contribution in [3.05, 3.63) is 17.8 Å². The van der Waals surface area contributed by atoms with E-state index in [2.05, 4.69) is 10.2 Å². The molecule has 0 fully saturated rings. The van der Waals surface area contributed by atoms with Crippen molar-refractivity contribution in [1.29, 1.82) is 0 Å². The van der Waals surface area contributed by atoms with E-state index in [0.29, 0.717) is 5.88 Å². The van der Waals surface area contributed by atoms with Crippen molar-refractivity contribution in [2.24, 2.45) is 5.73 Å². The summed E-state index contributed by atoms with van der Waals surface area (Å²) >= 11 is 0. The van der Waals surface area contributed by atoms with Gasteiger partial charge in [0, 0.05) is 12.1 Å². The topological polar surface area (TPSA) is 61.0 Å². The zero-order chi connectivity index (χ0) is 8.27. The van der Waals surface area contributed by atoms with Gasteiger partial charge in [-0.2, -0.15) is 5.10 Å². The Bertz CT molecular complexity index is 220. The molecular weight excluding hydrogens is 142 g/mol. The number of hydrogen-bond donors (Lipinski definition) is 1. The highest BCUT2D eigenvalue weighted by molar-refractivity contribution is 5.12. The second-order valence-corrected chi connectivity index (χ2v) is 2.29. The van der Waals surface area contributed by atoms with Crippen LogP contribution < -0.4 is 10.5 Å². The molecule has 1 atom stereocenters. The van der Waals surface area contributed by atoms with Gasteiger partial charge < -0.3 is 10.5 Å². The number of nitrogens with zero attached hydrogens (tertiary/aromatic N) is 2. The Labute approximate surface area is 65.4 Å². The highest BCUT2D eigenvalue weighted by Crippen LogP contribution is 2.07. The van der Waals surface area contributed by atoms with Gasteiger partial charge in [0.2, 0.25) is 5.88 Å². The summed E-state index contributed by atoms with van der Waals surface area (Å²) in [5.74, 6) is 0.509. The van der Waals surface area contributed by atoms with Crippen LogP contribution >= 0.6 is 0 Å². The minimum atomic E-state index is -0.0755. The number of rotatable bonds is 2. The molecule has 0 saturated heterocycles. The largest absolute Gasteiger partial charge is 0.480 e. The molecule has 4 nitrogen and oxygen atoms in total. The second kappa shape index (κ2) is 3.30. The third-order valence-corrected chi connectivity index (χ3v) is 1.34. The van der Waals surface area contributed by atoms with E-state index in [1.54, 1.807) is 19.2 Å². The summed E-state index contributed by atoms with van der Waals surface area (Å²) in [4.78, 5) is 0. The average molecular weight is 153 g/mol. The molecule has 0 bridgehead atoms. The van der Waals surface area contributed by atoms with Gasteiger partial charge in [-0.3, -0.25) is 0 Å². The zero-order valence-corrected chi connectivity index (χ0v) is 6.61. The van der Waals surface area contributed by atoms with E-state index in [4.69, 9.17) is 10.5 Å². The van der Waals surface area contributed by atoms with E-state index in [1.807, 2.05) is 6.92 Å². The lowest BCUT2D eigenvalue weighted by atomic mass is 10.2. The quantitative estimate of drug-likeness (QED) is 0.672. The first-order chi connectivity index (χ1) is 5.24. The van der Waals surface area contributed by atoms with Crippen molar-refractivity contribution in [3.8, 4) is 5.88 Å². The average Bonchev–Trinajstić information content (AvgIpc) is 2.05. The van der Waals surface area contributed by atoms with Crippen molar-refractivity contribution in [2.75, 3.05) is 7.11 Å². The molecule has 1 rings (SSSR count).